The predicted octanol–water partition coefficient (Wildman–Crippen LogP) is 3.61. The summed E-state index contributed by atoms with van der Waals surface area (Å²) >= 11 is 5.18. The predicted molar refractivity (Wildman–Crippen MR) is 116 cm³/mol. The zero-order valence-electron chi connectivity index (χ0n) is 15.5. The molecule has 0 fully saturated rings. The van der Waals surface area contributed by atoms with Crippen molar-refractivity contribution in [1.82, 2.24) is 5.32 Å². The van der Waals surface area contributed by atoms with Gasteiger partial charge in [-0.3, -0.25) is 19.7 Å². The van der Waals surface area contributed by atoms with Gasteiger partial charge < -0.3 is 9.73 Å². The number of nitrogens with one attached hydrogen (secondary N) is 2. The molecular weight excluding hydrogens is 402 g/mol. The fourth-order valence-electron chi connectivity index (χ4n) is 3.05. The number of benzene rings is 2. The molecule has 1 aromatic heterocycles. The van der Waals surface area contributed by atoms with E-state index < -0.39 is 17.7 Å². The highest BCUT2D eigenvalue weighted by atomic mass is 32.1. The fourth-order valence-corrected chi connectivity index (χ4v) is 3.26. The highest BCUT2D eigenvalue weighted by Crippen LogP contribution is 2.32. The lowest BCUT2D eigenvalue weighted by Gasteiger charge is -2.14. The first kappa shape index (κ1) is 19.3. The number of para-hydroxylation sites is 1. The SMILES string of the molecule is O=C(C=Cc1ccco1)NC(=S)Nc1cccc2c1C(=O)N(c1ccccc1)C2=O. The molecule has 0 aliphatic carbocycles. The van der Waals surface area contributed by atoms with E-state index in [1.807, 2.05) is 0 Å². The lowest BCUT2D eigenvalue weighted by atomic mass is 10.1. The van der Waals surface area contributed by atoms with Crippen LogP contribution in [0.3, 0.4) is 0 Å². The third-order valence-electron chi connectivity index (χ3n) is 4.36. The number of carbonyl (C=O) groups excluding carboxylic acids is 3. The molecule has 0 atom stereocenters. The largest absolute Gasteiger partial charge is 0.465 e. The van der Waals surface area contributed by atoms with Gasteiger partial charge >= 0.3 is 0 Å². The monoisotopic (exact) mass is 417 g/mol. The maximum atomic E-state index is 13.0. The number of amides is 3. The van der Waals surface area contributed by atoms with Crippen LogP contribution >= 0.6 is 12.2 Å². The van der Waals surface area contributed by atoms with Crippen LogP contribution in [-0.2, 0) is 4.79 Å². The van der Waals surface area contributed by atoms with Crippen molar-refractivity contribution in [2.75, 3.05) is 10.2 Å². The Morgan fingerprint density at radius 2 is 1.77 bits per heavy atom. The molecular formula is C22H15N3O4S. The molecule has 30 heavy (non-hydrogen) atoms. The summed E-state index contributed by atoms with van der Waals surface area (Å²) in [6, 6.07) is 16.9. The number of hydrogen-bond donors (Lipinski definition) is 2. The van der Waals surface area contributed by atoms with Crippen LogP contribution in [0.4, 0.5) is 11.4 Å². The first-order valence-electron chi connectivity index (χ1n) is 8.95. The molecule has 148 valence electrons. The summed E-state index contributed by atoms with van der Waals surface area (Å²) in [6.07, 6.45) is 4.27. The summed E-state index contributed by atoms with van der Waals surface area (Å²) in [5, 5.41) is 5.32. The van der Waals surface area contributed by atoms with Gasteiger partial charge in [-0.05, 0) is 54.7 Å². The van der Waals surface area contributed by atoms with E-state index in [4.69, 9.17) is 16.6 Å². The Morgan fingerprint density at radius 1 is 0.967 bits per heavy atom. The first-order chi connectivity index (χ1) is 14.5. The van der Waals surface area contributed by atoms with Crippen molar-refractivity contribution in [3.05, 3.63) is 89.9 Å². The quantitative estimate of drug-likeness (QED) is 0.383. The number of nitrogens with zero attached hydrogens (tertiary/aromatic N) is 1. The van der Waals surface area contributed by atoms with Crippen LogP contribution in [0.15, 0.2) is 77.4 Å². The maximum absolute atomic E-state index is 13.0. The molecule has 2 N–H and O–H groups in total. The zero-order valence-corrected chi connectivity index (χ0v) is 16.3. The van der Waals surface area contributed by atoms with E-state index in [1.54, 1.807) is 60.7 Å². The van der Waals surface area contributed by atoms with Crippen molar-refractivity contribution >= 4 is 52.5 Å². The van der Waals surface area contributed by atoms with Crippen LogP contribution in [0.5, 0.6) is 0 Å². The van der Waals surface area contributed by atoms with Crippen molar-refractivity contribution in [2.24, 2.45) is 0 Å². The van der Waals surface area contributed by atoms with E-state index in [0.717, 1.165) is 4.90 Å². The highest BCUT2D eigenvalue weighted by molar-refractivity contribution is 7.80. The molecule has 0 saturated carbocycles. The molecule has 2 heterocycles. The second-order valence-corrected chi connectivity index (χ2v) is 6.71. The summed E-state index contributed by atoms with van der Waals surface area (Å²) in [6.45, 7) is 0. The lowest BCUT2D eigenvalue weighted by Crippen LogP contribution is -2.33. The topological polar surface area (TPSA) is 91.7 Å². The van der Waals surface area contributed by atoms with Gasteiger partial charge in [0.05, 0.1) is 28.8 Å². The van der Waals surface area contributed by atoms with Gasteiger partial charge in [0, 0.05) is 6.08 Å². The van der Waals surface area contributed by atoms with E-state index in [9.17, 15) is 14.4 Å². The van der Waals surface area contributed by atoms with Gasteiger partial charge in [-0.2, -0.15) is 0 Å². The first-order valence-corrected chi connectivity index (χ1v) is 9.36. The molecule has 3 amide bonds. The van der Waals surface area contributed by atoms with Crippen LogP contribution in [0.25, 0.3) is 6.08 Å². The smallest absolute Gasteiger partial charge is 0.268 e. The van der Waals surface area contributed by atoms with E-state index in [0.29, 0.717) is 17.1 Å². The van der Waals surface area contributed by atoms with Gasteiger partial charge in [-0.15, -0.1) is 0 Å². The zero-order chi connectivity index (χ0) is 21.1. The third-order valence-corrected chi connectivity index (χ3v) is 4.56. The summed E-state index contributed by atoms with van der Waals surface area (Å²) < 4.78 is 5.11. The van der Waals surface area contributed by atoms with Crippen molar-refractivity contribution in [2.45, 2.75) is 0 Å². The minimum absolute atomic E-state index is 0.00379. The van der Waals surface area contributed by atoms with E-state index in [1.165, 1.54) is 18.4 Å². The number of fused-ring (bicyclic) bond motifs is 1. The Labute approximate surface area is 177 Å². The van der Waals surface area contributed by atoms with Gasteiger partial charge in [0.1, 0.15) is 5.76 Å². The molecule has 8 heteroatoms. The molecule has 1 aliphatic rings. The second-order valence-electron chi connectivity index (χ2n) is 6.30. The molecule has 7 nitrogen and oxygen atoms in total. The Balaban J connectivity index is 1.51. The Bertz CT molecular complexity index is 1170. The standard InChI is InChI=1S/C22H15N3O4S/c26-18(12-11-15-8-5-13-29-15)24-22(30)23-17-10-4-9-16-19(17)21(28)25(20(16)27)14-6-2-1-3-7-14/h1-13H,(H2,23,24,26,30). The summed E-state index contributed by atoms with van der Waals surface area (Å²) in [4.78, 5) is 38.9. The molecule has 0 saturated heterocycles. The average molecular weight is 417 g/mol. The summed E-state index contributed by atoms with van der Waals surface area (Å²) in [7, 11) is 0. The molecule has 4 rings (SSSR count). The van der Waals surface area contributed by atoms with E-state index in [2.05, 4.69) is 10.6 Å². The van der Waals surface area contributed by atoms with Crippen LogP contribution < -0.4 is 15.5 Å². The maximum Gasteiger partial charge on any atom is 0.268 e. The van der Waals surface area contributed by atoms with Gasteiger partial charge in [0.25, 0.3) is 11.8 Å². The normalized spacial score (nSPS) is 12.9. The number of anilines is 2. The summed E-state index contributed by atoms with van der Waals surface area (Å²) in [5.74, 6) is -0.822. The minimum Gasteiger partial charge on any atom is -0.465 e. The number of rotatable bonds is 4. The Morgan fingerprint density at radius 3 is 2.50 bits per heavy atom. The van der Waals surface area contributed by atoms with Gasteiger partial charge in [0.15, 0.2) is 5.11 Å². The van der Waals surface area contributed by atoms with Gasteiger partial charge in [0.2, 0.25) is 5.91 Å². The van der Waals surface area contributed by atoms with E-state index >= 15 is 0 Å². The molecule has 0 unspecified atom stereocenters. The molecule has 1 aliphatic heterocycles. The average Bonchev–Trinajstić information content (AvgIpc) is 3.34. The molecule has 0 spiro atoms. The van der Waals surface area contributed by atoms with Crippen LogP contribution in [0.2, 0.25) is 0 Å². The van der Waals surface area contributed by atoms with Crippen molar-refractivity contribution in [3.63, 3.8) is 0 Å². The second kappa shape index (κ2) is 8.14. The number of furan rings is 1. The number of thiocarbonyl (C=S) groups is 1. The summed E-state index contributed by atoms with van der Waals surface area (Å²) in [5.41, 5.74) is 1.29. The molecule has 3 aromatic rings. The molecule has 0 bridgehead atoms. The van der Waals surface area contributed by atoms with Crippen molar-refractivity contribution in [1.29, 1.82) is 0 Å². The lowest BCUT2D eigenvalue weighted by molar-refractivity contribution is -0.115. The van der Waals surface area contributed by atoms with Crippen LogP contribution in [-0.4, -0.2) is 22.8 Å². The number of hydrogen-bond acceptors (Lipinski definition) is 5. The Hall–Kier alpha value is -4.04. The van der Waals surface area contributed by atoms with Crippen molar-refractivity contribution < 1.29 is 18.8 Å². The number of carbonyl (C=O) groups is 3. The molecule has 2 aromatic carbocycles. The third kappa shape index (κ3) is 3.76. The van der Waals surface area contributed by atoms with Gasteiger partial charge in [-0.25, -0.2) is 4.90 Å². The molecule has 0 radical (unpaired) electrons. The fraction of sp³-hybridized carbons (Fsp3) is 0. The number of imide groups is 1. The van der Waals surface area contributed by atoms with Crippen LogP contribution in [0.1, 0.15) is 26.5 Å². The van der Waals surface area contributed by atoms with Crippen molar-refractivity contribution in [3.8, 4) is 0 Å². The highest BCUT2D eigenvalue weighted by Gasteiger charge is 2.38. The van der Waals surface area contributed by atoms with Crippen LogP contribution in [0, 0.1) is 0 Å². The Kier molecular flexibility index (Phi) is 5.23. The van der Waals surface area contributed by atoms with Gasteiger partial charge in [-0.1, -0.05) is 24.3 Å². The minimum atomic E-state index is -0.468. The van der Waals surface area contributed by atoms with E-state index in [-0.39, 0.29) is 16.2 Å².